The predicted molar refractivity (Wildman–Crippen MR) is 171 cm³/mol. The molecule has 1 aromatic heterocycles. The van der Waals surface area contributed by atoms with Crippen molar-refractivity contribution in [1.82, 2.24) is 14.8 Å². The van der Waals surface area contributed by atoms with Crippen LogP contribution in [0.4, 0.5) is 11.4 Å². The van der Waals surface area contributed by atoms with Gasteiger partial charge in [0.1, 0.15) is 5.69 Å². The van der Waals surface area contributed by atoms with Crippen molar-refractivity contribution in [2.45, 2.75) is 50.6 Å². The first kappa shape index (κ1) is 29.9. The van der Waals surface area contributed by atoms with Crippen LogP contribution >= 0.6 is 0 Å². The average molecular weight is 568 g/mol. The fourth-order valence-electron chi connectivity index (χ4n) is 6.25. The Hall–Kier alpha value is -3.55. The van der Waals surface area contributed by atoms with Crippen molar-refractivity contribution in [1.29, 1.82) is 0 Å². The Kier molecular flexibility index (Phi) is 9.70. The third-order valence-corrected chi connectivity index (χ3v) is 9.09. The molecule has 2 aliphatic rings. The molecule has 0 atom stereocenters. The van der Waals surface area contributed by atoms with Gasteiger partial charge in [0.05, 0.1) is 0 Å². The number of piperidine rings is 2. The number of carbonyl (C=O) groups is 2. The highest BCUT2D eigenvalue weighted by Gasteiger charge is 2.22. The van der Waals surface area contributed by atoms with E-state index >= 15 is 0 Å². The fourth-order valence-corrected chi connectivity index (χ4v) is 6.25. The second kappa shape index (κ2) is 13.6. The standard InChI is InChI=1S/C35H45N5O2/c1-37(2)29-14-19-39(20-15-29)31-9-5-26(6-10-31)23-34(41)28-13-18-36-33(25-28)35(42)24-27-7-11-32(12-8-27)40-21-16-30(17-22-40)38(3)4/h5-13,18,25,29-30H,14-17,19-24H2,1-4H3. The van der Waals surface area contributed by atoms with E-state index in [1.807, 2.05) is 24.3 Å². The van der Waals surface area contributed by atoms with Crippen LogP contribution in [0.5, 0.6) is 0 Å². The molecule has 42 heavy (non-hydrogen) atoms. The van der Waals surface area contributed by atoms with E-state index in [4.69, 9.17) is 0 Å². The van der Waals surface area contributed by atoms with Crippen molar-refractivity contribution in [3.63, 3.8) is 0 Å². The lowest BCUT2D eigenvalue weighted by molar-refractivity contribution is 0.0988. The molecule has 0 bridgehead atoms. The molecule has 0 amide bonds. The Balaban J connectivity index is 1.14. The fraction of sp³-hybridized carbons (Fsp3) is 0.457. The second-order valence-electron chi connectivity index (χ2n) is 12.3. The highest BCUT2D eigenvalue weighted by Crippen LogP contribution is 2.24. The highest BCUT2D eigenvalue weighted by molar-refractivity contribution is 6.01. The van der Waals surface area contributed by atoms with Crippen molar-refractivity contribution >= 4 is 22.9 Å². The third kappa shape index (κ3) is 7.44. The minimum atomic E-state index is -0.0772. The molecular formula is C35H45N5O2. The van der Waals surface area contributed by atoms with Crippen LogP contribution in [0.25, 0.3) is 0 Å². The van der Waals surface area contributed by atoms with Gasteiger partial charge in [-0.2, -0.15) is 0 Å². The van der Waals surface area contributed by atoms with Crippen LogP contribution in [0.15, 0.2) is 66.9 Å². The monoisotopic (exact) mass is 567 g/mol. The molecule has 2 saturated heterocycles. The van der Waals surface area contributed by atoms with E-state index in [0.717, 1.165) is 63.0 Å². The largest absolute Gasteiger partial charge is 0.371 e. The predicted octanol–water partition coefficient (Wildman–Crippen LogP) is 4.99. The van der Waals surface area contributed by atoms with Crippen LogP contribution in [-0.4, -0.2) is 92.8 Å². The minimum absolute atomic E-state index is 0.00612. The molecule has 2 fully saturated rings. The molecule has 2 aromatic carbocycles. The van der Waals surface area contributed by atoms with Crippen LogP contribution in [-0.2, 0) is 12.8 Å². The molecular weight excluding hydrogens is 522 g/mol. The van der Waals surface area contributed by atoms with Gasteiger partial charge in [-0.3, -0.25) is 14.6 Å². The van der Waals surface area contributed by atoms with E-state index in [1.165, 1.54) is 11.4 Å². The number of nitrogens with zero attached hydrogens (tertiary/aromatic N) is 5. The van der Waals surface area contributed by atoms with Crippen molar-refractivity contribution in [3.8, 4) is 0 Å². The topological polar surface area (TPSA) is 60.0 Å². The lowest BCUT2D eigenvalue weighted by Crippen LogP contribution is -2.41. The van der Waals surface area contributed by atoms with Crippen LogP contribution < -0.4 is 9.80 Å². The summed E-state index contributed by atoms with van der Waals surface area (Å²) in [5, 5.41) is 0. The lowest BCUT2D eigenvalue weighted by Gasteiger charge is -2.36. The number of rotatable bonds is 10. The maximum absolute atomic E-state index is 13.1. The van der Waals surface area contributed by atoms with E-state index in [-0.39, 0.29) is 18.0 Å². The Morgan fingerprint density at radius 3 is 1.52 bits per heavy atom. The summed E-state index contributed by atoms with van der Waals surface area (Å²) in [4.78, 5) is 40.0. The van der Waals surface area contributed by atoms with Crippen molar-refractivity contribution in [2.24, 2.45) is 0 Å². The molecule has 3 heterocycles. The molecule has 0 radical (unpaired) electrons. The van der Waals surface area contributed by atoms with E-state index in [9.17, 15) is 9.59 Å². The summed E-state index contributed by atoms with van der Waals surface area (Å²) in [6.07, 6.45) is 6.79. The number of benzene rings is 2. The lowest BCUT2D eigenvalue weighted by atomic mass is 10.00. The van der Waals surface area contributed by atoms with Gasteiger partial charge >= 0.3 is 0 Å². The van der Waals surface area contributed by atoms with Crippen molar-refractivity contribution in [2.75, 3.05) is 64.2 Å². The summed E-state index contributed by atoms with van der Waals surface area (Å²) >= 11 is 0. The first-order valence-electron chi connectivity index (χ1n) is 15.3. The number of Topliss-reactive ketones (excluding diaryl/α,β-unsaturated/α-hetero) is 2. The number of hydrogen-bond donors (Lipinski definition) is 0. The zero-order chi connectivity index (χ0) is 29.6. The molecule has 0 saturated carbocycles. The highest BCUT2D eigenvalue weighted by atomic mass is 16.1. The normalized spacial score (nSPS) is 16.8. The van der Waals surface area contributed by atoms with Gasteiger partial charge in [0.2, 0.25) is 0 Å². The van der Waals surface area contributed by atoms with Gasteiger partial charge < -0.3 is 19.6 Å². The smallest absolute Gasteiger partial charge is 0.185 e. The zero-order valence-corrected chi connectivity index (χ0v) is 25.6. The molecule has 0 N–H and O–H groups in total. The van der Waals surface area contributed by atoms with Crippen molar-refractivity contribution < 1.29 is 9.59 Å². The zero-order valence-electron chi connectivity index (χ0n) is 25.6. The number of carbonyl (C=O) groups excluding carboxylic acids is 2. The van der Waals surface area contributed by atoms with Crippen LogP contribution in [0, 0.1) is 0 Å². The molecule has 0 spiro atoms. The quantitative estimate of drug-likeness (QED) is 0.320. The van der Waals surface area contributed by atoms with Gasteiger partial charge in [-0.15, -0.1) is 0 Å². The average Bonchev–Trinajstić information content (AvgIpc) is 3.02. The maximum Gasteiger partial charge on any atom is 0.185 e. The summed E-state index contributed by atoms with van der Waals surface area (Å²) in [6, 6.07) is 21.3. The van der Waals surface area contributed by atoms with Crippen LogP contribution in [0.3, 0.4) is 0 Å². The summed E-state index contributed by atoms with van der Waals surface area (Å²) in [5.74, 6) is -0.0834. The SMILES string of the molecule is CN(C)C1CCN(c2ccc(CC(=O)c3ccnc(C(=O)Cc4ccc(N5CCC(N(C)C)CC5)cc4)c3)cc2)CC1. The van der Waals surface area contributed by atoms with Crippen LogP contribution in [0.1, 0.15) is 57.7 Å². The molecule has 0 unspecified atom stereocenters. The van der Waals surface area contributed by atoms with Gasteiger partial charge in [0.15, 0.2) is 11.6 Å². The summed E-state index contributed by atoms with van der Waals surface area (Å²) in [7, 11) is 8.62. The summed E-state index contributed by atoms with van der Waals surface area (Å²) in [6.45, 7) is 4.20. The summed E-state index contributed by atoms with van der Waals surface area (Å²) < 4.78 is 0. The molecule has 3 aromatic rings. The molecule has 0 aliphatic carbocycles. The van der Waals surface area contributed by atoms with Gasteiger partial charge in [0.25, 0.3) is 0 Å². The summed E-state index contributed by atoms with van der Waals surface area (Å²) in [5.41, 5.74) is 5.21. The van der Waals surface area contributed by atoms with Crippen LogP contribution in [0.2, 0.25) is 0 Å². The van der Waals surface area contributed by atoms with Gasteiger partial charge in [-0.05, 0) is 101 Å². The molecule has 222 valence electrons. The molecule has 5 rings (SSSR count). The second-order valence-corrected chi connectivity index (χ2v) is 12.3. The first-order valence-corrected chi connectivity index (χ1v) is 15.3. The number of anilines is 2. The third-order valence-electron chi connectivity index (χ3n) is 9.09. The number of pyridine rings is 1. The van der Waals surface area contributed by atoms with Crippen molar-refractivity contribution in [3.05, 3.63) is 89.2 Å². The maximum atomic E-state index is 13.1. The number of hydrogen-bond acceptors (Lipinski definition) is 7. The number of ketones is 2. The van der Waals surface area contributed by atoms with E-state index in [1.54, 1.807) is 18.3 Å². The first-order chi connectivity index (χ1) is 20.3. The number of aromatic nitrogens is 1. The Morgan fingerprint density at radius 2 is 1.10 bits per heavy atom. The van der Waals surface area contributed by atoms with E-state index in [2.05, 4.69) is 77.0 Å². The Labute approximate surface area is 251 Å². The van der Waals surface area contributed by atoms with Gasteiger partial charge in [-0.1, -0.05) is 24.3 Å². The molecule has 7 nitrogen and oxygen atoms in total. The minimum Gasteiger partial charge on any atom is -0.371 e. The van der Waals surface area contributed by atoms with Gasteiger partial charge in [-0.25, -0.2) is 0 Å². The van der Waals surface area contributed by atoms with E-state index in [0.29, 0.717) is 29.8 Å². The molecule has 2 aliphatic heterocycles. The Bertz CT molecular complexity index is 1240. The van der Waals surface area contributed by atoms with Gasteiger partial charge in [0, 0.05) is 74.2 Å². The van der Waals surface area contributed by atoms with E-state index < -0.39 is 0 Å². The Morgan fingerprint density at radius 1 is 0.667 bits per heavy atom. The molecule has 7 heteroatoms.